The predicted octanol–water partition coefficient (Wildman–Crippen LogP) is 5.82. The Balaban J connectivity index is 0.000000450. The summed E-state index contributed by atoms with van der Waals surface area (Å²) in [5.74, 6) is 0.643. The quantitative estimate of drug-likeness (QED) is 0.572. The lowest BCUT2D eigenvalue weighted by Crippen LogP contribution is -1.89. The van der Waals surface area contributed by atoms with E-state index in [4.69, 9.17) is 0 Å². The van der Waals surface area contributed by atoms with Crippen LogP contribution in [0.3, 0.4) is 0 Å². The van der Waals surface area contributed by atoms with E-state index in [9.17, 15) is 0 Å². The van der Waals surface area contributed by atoms with Gasteiger partial charge in [0, 0.05) is 0 Å². The first-order valence-corrected chi connectivity index (χ1v) is 6.98. The van der Waals surface area contributed by atoms with Gasteiger partial charge < -0.3 is 0 Å². The van der Waals surface area contributed by atoms with Crippen molar-refractivity contribution in [3.05, 3.63) is 41.0 Å². The third-order valence-electron chi connectivity index (χ3n) is 2.47. The van der Waals surface area contributed by atoms with E-state index >= 15 is 0 Å². The van der Waals surface area contributed by atoms with Crippen molar-refractivity contribution in [1.29, 1.82) is 0 Å². The zero-order valence-corrected chi connectivity index (χ0v) is 12.4. The summed E-state index contributed by atoms with van der Waals surface area (Å²) in [6, 6.07) is 6.81. The monoisotopic (exact) mass is 232 g/mol. The summed E-state index contributed by atoms with van der Waals surface area (Å²) in [6.45, 7) is 12.7. The smallest absolute Gasteiger partial charge is 0.00882 e. The average Bonchev–Trinajstić information content (AvgIpc) is 2.79. The lowest BCUT2D eigenvalue weighted by Gasteiger charge is -2.07. The molecule has 96 valence electrons. The van der Waals surface area contributed by atoms with Gasteiger partial charge in [-0.1, -0.05) is 78.3 Å². The number of fused-ring (bicyclic) bond motifs is 1. The Labute approximate surface area is 108 Å². The summed E-state index contributed by atoms with van der Waals surface area (Å²) < 4.78 is 0. The minimum Gasteiger partial charge on any atom is -0.0795 e. The Bertz CT molecular complexity index is 332. The van der Waals surface area contributed by atoms with Crippen molar-refractivity contribution in [2.45, 2.75) is 60.3 Å². The van der Waals surface area contributed by atoms with E-state index in [-0.39, 0.29) is 0 Å². The first kappa shape index (κ1) is 16.0. The van der Waals surface area contributed by atoms with Crippen LogP contribution in [0.4, 0.5) is 0 Å². The number of hydrogen-bond donors (Lipinski definition) is 0. The van der Waals surface area contributed by atoms with Gasteiger partial charge in [-0.3, -0.25) is 0 Å². The minimum atomic E-state index is 0.643. The van der Waals surface area contributed by atoms with E-state index in [1.54, 1.807) is 0 Å². The van der Waals surface area contributed by atoms with Gasteiger partial charge in [0.25, 0.3) is 0 Å². The highest BCUT2D eigenvalue weighted by molar-refractivity contribution is 5.60. The van der Waals surface area contributed by atoms with Gasteiger partial charge in [-0.25, -0.2) is 0 Å². The van der Waals surface area contributed by atoms with Crippen molar-refractivity contribution in [3.63, 3.8) is 0 Å². The Kier molecular flexibility index (Phi) is 8.49. The van der Waals surface area contributed by atoms with Crippen molar-refractivity contribution >= 4 is 6.08 Å². The SMILES string of the molecule is CC.CC(C)c1ccc2c(c1)C=CC2.CCC. The topological polar surface area (TPSA) is 0 Å². The molecule has 0 atom stereocenters. The Morgan fingerprint density at radius 3 is 2.24 bits per heavy atom. The van der Waals surface area contributed by atoms with Gasteiger partial charge in [-0.15, -0.1) is 0 Å². The van der Waals surface area contributed by atoms with Crippen LogP contribution < -0.4 is 0 Å². The molecule has 0 aromatic heterocycles. The molecule has 2 rings (SSSR count). The molecule has 1 aliphatic carbocycles. The maximum Gasteiger partial charge on any atom is -0.00882 e. The second-order valence-electron chi connectivity index (χ2n) is 4.43. The molecule has 0 heterocycles. The van der Waals surface area contributed by atoms with Gasteiger partial charge in [0.15, 0.2) is 0 Å². The fourth-order valence-electron chi connectivity index (χ4n) is 1.63. The molecule has 0 saturated carbocycles. The van der Waals surface area contributed by atoms with Gasteiger partial charge in [0.1, 0.15) is 0 Å². The van der Waals surface area contributed by atoms with Gasteiger partial charge in [-0.05, 0) is 29.0 Å². The Hall–Kier alpha value is -1.04. The van der Waals surface area contributed by atoms with E-state index in [1.165, 1.54) is 23.1 Å². The molecule has 1 aromatic carbocycles. The molecule has 0 unspecified atom stereocenters. The van der Waals surface area contributed by atoms with Crippen molar-refractivity contribution in [2.24, 2.45) is 0 Å². The molecule has 1 aliphatic rings. The van der Waals surface area contributed by atoms with Gasteiger partial charge in [-0.2, -0.15) is 0 Å². The number of benzene rings is 1. The Morgan fingerprint density at radius 1 is 1.12 bits per heavy atom. The van der Waals surface area contributed by atoms with E-state index in [2.05, 4.69) is 58.0 Å². The standard InChI is InChI=1S/C12H14.C3H8.C2H6/c1-9(2)11-7-6-10-4-3-5-12(10)8-11;1-3-2;1-2/h3,5-9H,4H2,1-2H3;3H2,1-2H3;1-2H3. The van der Waals surface area contributed by atoms with Gasteiger partial charge in [0.2, 0.25) is 0 Å². The van der Waals surface area contributed by atoms with Crippen LogP contribution in [-0.4, -0.2) is 0 Å². The highest BCUT2D eigenvalue weighted by Gasteiger charge is 2.06. The molecule has 17 heavy (non-hydrogen) atoms. The van der Waals surface area contributed by atoms with Crippen molar-refractivity contribution in [3.8, 4) is 0 Å². The number of allylic oxidation sites excluding steroid dienone is 1. The minimum absolute atomic E-state index is 0.643. The lowest BCUT2D eigenvalue weighted by molar-refractivity contribution is 0.865. The van der Waals surface area contributed by atoms with Crippen LogP contribution in [0, 0.1) is 0 Å². The van der Waals surface area contributed by atoms with Crippen LogP contribution in [0.2, 0.25) is 0 Å². The number of rotatable bonds is 1. The molecule has 0 nitrogen and oxygen atoms in total. The first-order chi connectivity index (χ1) is 8.19. The molecule has 0 bridgehead atoms. The molecule has 0 heteroatoms. The molecule has 0 fully saturated rings. The van der Waals surface area contributed by atoms with Crippen LogP contribution in [0.1, 0.15) is 70.6 Å². The zero-order valence-electron chi connectivity index (χ0n) is 12.4. The number of hydrogen-bond acceptors (Lipinski definition) is 0. The second kappa shape index (κ2) is 9.04. The van der Waals surface area contributed by atoms with Crippen molar-refractivity contribution in [1.82, 2.24) is 0 Å². The lowest BCUT2D eigenvalue weighted by atomic mass is 9.99. The zero-order chi connectivity index (χ0) is 13.3. The van der Waals surface area contributed by atoms with Gasteiger partial charge in [0.05, 0.1) is 0 Å². The normalized spacial score (nSPS) is 11.2. The average molecular weight is 232 g/mol. The molecule has 0 aliphatic heterocycles. The third kappa shape index (κ3) is 5.21. The van der Waals surface area contributed by atoms with E-state index < -0.39 is 0 Å². The molecule has 0 spiro atoms. The molecular formula is C17H28. The fraction of sp³-hybridized carbons (Fsp3) is 0.529. The second-order valence-corrected chi connectivity index (χ2v) is 4.43. The van der Waals surface area contributed by atoms with Crippen molar-refractivity contribution in [2.75, 3.05) is 0 Å². The molecule has 0 amide bonds. The van der Waals surface area contributed by atoms with Crippen LogP contribution in [0.15, 0.2) is 24.3 Å². The largest absolute Gasteiger partial charge is 0.0795 e. The summed E-state index contributed by atoms with van der Waals surface area (Å²) in [7, 11) is 0. The van der Waals surface area contributed by atoms with E-state index in [0.29, 0.717) is 5.92 Å². The van der Waals surface area contributed by atoms with Gasteiger partial charge >= 0.3 is 0 Å². The molecule has 1 aromatic rings. The van der Waals surface area contributed by atoms with E-state index in [0.717, 1.165) is 6.42 Å². The molecule has 0 N–H and O–H groups in total. The molecule has 0 radical (unpaired) electrons. The van der Waals surface area contributed by atoms with Crippen LogP contribution in [0.5, 0.6) is 0 Å². The van der Waals surface area contributed by atoms with Crippen LogP contribution in [-0.2, 0) is 6.42 Å². The summed E-state index contributed by atoms with van der Waals surface area (Å²) in [4.78, 5) is 0. The summed E-state index contributed by atoms with van der Waals surface area (Å²) in [5.41, 5.74) is 4.33. The maximum atomic E-state index is 2.31. The fourth-order valence-corrected chi connectivity index (χ4v) is 1.63. The van der Waals surface area contributed by atoms with Crippen LogP contribution in [0.25, 0.3) is 6.08 Å². The van der Waals surface area contributed by atoms with Crippen LogP contribution >= 0.6 is 0 Å². The Morgan fingerprint density at radius 2 is 1.71 bits per heavy atom. The third-order valence-corrected chi connectivity index (χ3v) is 2.47. The van der Waals surface area contributed by atoms with Crippen molar-refractivity contribution < 1.29 is 0 Å². The molecular weight excluding hydrogens is 204 g/mol. The molecule has 0 saturated heterocycles. The highest BCUT2D eigenvalue weighted by atomic mass is 14.1. The highest BCUT2D eigenvalue weighted by Crippen LogP contribution is 2.24. The predicted molar refractivity (Wildman–Crippen MR) is 80.6 cm³/mol. The first-order valence-electron chi connectivity index (χ1n) is 6.98. The summed E-state index contributed by atoms with van der Waals surface area (Å²) in [6.07, 6.45) is 6.82. The van der Waals surface area contributed by atoms with E-state index in [1.807, 2.05) is 13.8 Å². The maximum absolute atomic E-state index is 2.31. The summed E-state index contributed by atoms with van der Waals surface area (Å²) >= 11 is 0. The summed E-state index contributed by atoms with van der Waals surface area (Å²) in [5, 5.41) is 0.